The van der Waals surface area contributed by atoms with E-state index in [1.54, 1.807) is 0 Å². The average molecular weight is 358 g/mol. The molecule has 0 spiro atoms. The second kappa shape index (κ2) is 5.64. The Morgan fingerprint density at radius 3 is 2.69 bits per heavy atom. The van der Waals surface area contributed by atoms with Crippen molar-refractivity contribution in [3.05, 3.63) is 22.8 Å². The van der Waals surface area contributed by atoms with Crippen molar-refractivity contribution in [3.63, 3.8) is 0 Å². The van der Waals surface area contributed by atoms with Crippen LogP contribution in [0.3, 0.4) is 0 Å². The second-order valence-electron chi connectivity index (χ2n) is 9.32. The van der Waals surface area contributed by atoms with E-state index in [-0.39, 0.29) is 28.2 Å². The molecule has 4 rings (SSSR count). The number of carboxylic acid groups (broad SMARTS) is 1. The molecule has 0 aromatic heterocycles. The first-order valence-electron chi connectivity index (χ1n) is 10.0. The van der Waals surface area contributed by atoms with Gasteiger partial charge in [0.1, 0.15) is 22.7 Å². The third-order valence-corrected chi connectivity index (χ3v) is 7.51. The molecule has 1 aromatic carbocycles. The monoisotopic (exact) mass is 358 g/mol. The lowest BCUT2D eigenvalue weighted by molar-refractivity contribution is -0.121. The zero-order valence-electron chi connectivity index (χ0n) is 16.3. The number of aryl methyl sites for hydroxylation is 1. The number of carbonyl (C=O) groups is 1. The molecule has 2 saturated carbocycles. The fraction of sp³-hybridized carbons (Fsp3) is 0.682. The Kier molecular flexibility index (Phi) is 3.84. The predicted molar refractivity (Wildman–Crippen MR) is 100 cm³/mol. The number of aromatic carboxylic acids is 1. The molecule has 0 unspecified atom stereocenters. The van der Waals surface area contributed by atoms with Gasteiger partial charge in [-0.25, -0.2) is 4.79 Å². The maximum Gasteiger partial charge on any atom is 0.339 e. The molecule has 2 N–H and O–H groups in total. The number of rotatable bonds is 5. The quantitative estimate of drug-likeness (QED) is 0.717. The molecule has 3 aliphatic rings. The van der Waals surface area contributed by atoms with Gasteiger partial charge in [0, 0.05) is 17.4 Å². The standard InChI is InChI=1S/C22H30O4/c1-5-6-7-8-12-11-14-16(19(23)15(12)20(24)25)18-17-13(21(18,2)3)9-10-22(17,4)26-14/h11,13,17-18,23H,5-10H2,1-4H3,(H,24,25)/t13-,17+,18-,22-/m0/s1. The summed E-state index contributed by atoms with van der Waals surface area (Å²) in [4.78, 5) is 11.9. The summed E-state index contributed by atoms with van der Waals surface area (Å²) in [5.74, 6) is 0.769. The molecule has 0 saturated heterocycles. The van der Waals surface area contributed by atoms with Crippen LogP contribution in [0.25, 0.3) is 0 Å². The third-order valence-electron chi connectivity index (χ3n) is 7.51. The highest BCUT2D eigenvalue weighted by molar-refractivity contribution is 5.94. The van der Waals surface area contributed by atoms with Crippen molar-refractivity contribution in [1.82, 2.24) is 0 Å². The number of fused-ring (bicyclic) bond motifs is 2. The van der Waals surface area contributed by atoms with Crippen LogP contribution in [0.4, 0.5) is 0 Å². The molecule has 2 aliphatic carbocycles. The van der Waals surface area contributed by atoms with Crippen molar-refractivity contribution in [2.45, 2.75) is 77.7 Å². The van der Waals surface area contributed by atoms with E-state index >= 15 is 0 Å². The lowest BCUT2D eigenvalue weighted by atomic mass is 9.45. The van der Waals surface area contributed by atoms with Crippen LogP contribution in [-0.2, 0) is 6.42 Å². The summed E-state index contributed by atoms with van der Waals surface area (Å²) in [5, 5.41) is 20.8. The Balaban J connectivity index is 1.85. The summed E-state index contributed by atoms with van der Waals surface area (Å²) in [6.07, 6.45) is 5.90. The minimum Gasteiger partial charge on any atom is -0.507 e. The lowest BCUT2D eigenvalue weighted by Crippen LogP contribution is -2.59. The molecule has 142 valence electrons. The smallest absolute Gasteiger partial charge is 0.339 e. The van der Waals surface area contributed by atoms with E-state index in [1.807, 2.05) is 6.07 Å². The number of benzene rings is 1. The lowest BCUT2D eigenvalue weighted by Gasteiger charge is -2.62. The van der Waals surface area contributed by atoms with E-state index in [2.05, 4.69) is 27.7 Å². The van der Waals surface area contributed by atoms with Gasteiger partial charge in [0.15, 0.2) is 0 Å². The largest absolute Gasteiger partial charge is 0.507 e. The SMILES string of the molecule is CCCCCc1cc2c(c(O)c1C(=O)O)[C@H]1[C@H]3[C@H](CC[C@]3(C)O2)C1(C)C. The average Bonchev–Trinajstić information content (AvgIpc) is 2.88. The van der Waals surface area contributed by atoms with Gasteiger partial charge in [-0.05, 0) is 55.6 Å². The first-order chi connectivity index (χ1) is 12.2. The molecule has 1 aliphatic heterocycles. The van der Waals surface area contributed by atoms with Crippen molar-refractivity contribution in [3.8, 4) is 11.5 Å². The molecular weight excluding hydrogens is 328 g/mol. The molecule has 4 atom stereocenters. The van der Waals surface area contributed by atoms with Crippen LogP contribution in [-0.4, -0.2) is 21.8 Å². The minimum atomic E-state index is -1.04. The van der Waals surface area contributed by atoms with E-state index in [9.17, 15) is 15.0 Å². The summed E-state index contributed by atoms with van der Waals surface area (Å²) in [6, 6.07) is 1.91. The van der Waals surface area contributed by atoms with Crippen molar-refractivity contribution < 1.29 is 19.7 Å². The summed E-state index contributed by atoms with van der Waals surface area (Å²) < 4.78 is 6.45. The first-order valence-corrected chi connectivity index (χ1v) is 10.0. The van der Waals surface area contributed by atoms with Crippen LogP contribution in [0, 0.1) is 17.3 Å². The molecule has 2 fully saturated rings. The Hall–Kier alpha value is -1.71. The van der Waals surface area contributed by atoms with Gasteiger partial charge in [-0.3, -0.25) is 0 Å². The fourth-order valence-electron chi connectivity index (χ4n) is 6.23. The highest BCUT2D eigenvalue weighted by Crippen LogP contribution is 2.74. The van der Waals surface area contributed by atoms with Gasteiger partial charge in [0.05, 0.1) is 0 Å². The van der Waals surface area contributed by atoms with E-state index in [0.29, 0.717) is 23.8 Å². The molecule has 1 aromatic rings. The van der Waals surface area contributed by atoms with Crippen LogP contribution >= 0.6 is 0 Å². The van der Waals surface area contributed by atoms with Crippen LogP contribution in [0.1, 0.15) is 87.2 Å². The van der Waals surface area contributed by atoms with Gasteiger partial charge in [-0.1, -0.05) is 33.6 Å². The number of phenols is 1. The zero-order valence-corrected chi connectivity index (χ0v) is 16.3. The molecular formula is C22H30O4. The molecule has 0 bridgehead atoms. The number of unbranched alkanes of at least 4 members (excludes halogenated alkanes) is 2. The predicted octanol–water partition coefficient (Wildman–Crippen LogP) is 5.12. The summed E-state index contributed by atoms with van der Waals surface area (Å²) in [6.45, 7) is 8.84. The van der Waals surface area contributed by atoms with E-state index in [0.717, 1.165) is 43.4 Å². The number of aromatic hydroxyl groups is 1. The zero-order chi connectivity index (χ0) is 18.9. The van der Waals surface area contributed by atoms with Crippen molar-refractivity contribution in [1.29, 1.82) is 0 Å². The molecule has 26 heavy (non-hydrogen) atoms. The van der Waals surface area contributed by atoms with Crippen LogP contribution in [0.5, 0.6) is 11.5 Å². The second-order valence-corrected chi connectivity index (χ2v) is 9.32. The van der Waals surface area contributed by atoms with Gasteiger partial charge in [0.25, 0.3) is 0 Å². The van der Waals surface area contributed by atoms with Gasteiger partial charge in [-0.15, -0.1) is 0 Å². The first kappa shape index (κ1) is 17.7. The van der Waals surface area contributed by atoms with Crippen molar-refractivity contribution in [2.75, 3.05) is 0 Å². The number of hydrogen-bond donors (Lipinski definition) is 2. The Morgan fingerprint density at radius 1 is 1.31 bits per heavy atom. The van der Waals surface area contributed by atoms with Gasteiger partial charge >= 0.3 is 5.97 Å². The van der Waals surface area contributed by atoms with Gasteiger partial charge in [0.2, 0.25) is 0 Å². The Bertz CT molecular complexity index is 766. The maximum absolute atomic E-state index is 11.9. The number of carboxylic acids is 1. The topological polar surface area (TPSA) is 66.8 Å². The summed E-state index contributed by atoms with van der Waals surface area (Å²) >= 11 is 0. The number of hydrogen-bond acceptors (Lipinski definition) is 3. The van der Waals surface area contributed by atoms with Crippen LogP contribution < -0.4 is 4.74 Å². The summed E-state index contributed by atoms with van der Waals surface area (Å²) in [5.41, 5.74) is 1.42. The van der Waals surface area contributed by atoms with Gasteiger partial charge < -0.3 is 14.9 Å². The van der Waals surface area contributed by atoms with Crippen LogP contribution in [0.2, 0.25) is 0 Å². The minimum absolute atomic E-state index is 0.0491. The number of ether oxygens (including phenoxy) is 1. The Labute approximate surface area is 155 Å². The third kappa shape index (κ3) is 2.17. The maximum atomic E-state index is 11.9. The fourth-order valence-corrected chi connectivity index (χ4v) is 6.23. The van der Waals surface area contributed by atoms with Gasteiger partial charge in [-0.2, -0.15) is 0 Å². The molecule has 1 heterocycles. The highest BCUT2D eigenvalue weighted by Gasteiger charge is 2.69. The van der Waals surface area contributed by atoms with Crippen molar-refractivity contribution >= 4 is 5.97 Å². The van der Waals surface area contributed by atoms with E-state index < -0.39 is 5.97 Å². The van der Waals surface area contributed by atoms with E-state index in [1.165, 1.54) is 0 Å². The normalized spacial score (nSPS) is 33.0. The molecule has 4 heteroatoms. The van der Waals surface area contributed by atoms with E-state index in [4.69, 9.17) is 4.74 Å². The highest BCUT2D eigenvalue weighted by atomic mass is 16.5. The van der Waals surface area contributed by atoms with Crippen LogP contribution in [0.15, 0.2) is 6.07 Å². The molecule has 4 nitrogen and oxygen atoms in total. The molecule has 0 radical (unpaired) electrons. The Morgan fingerprint density at radius 2 is 2.04 bits per heavy atom. The summed E-state index contributed by atoms with van der Waals surface area (Å²) in [7, 11) is 0. The van der Waals surface area contributed by atoms with Crippen molar-refractivity contribution in [2.24, 2.45) is 17.3 Å². The molecule has 0 amide bonds.